The summed E-state index contributed by atoms with van der Waals surface area (Å²) in [7, 11) is 1.81. The number of fused-ring (bicyclic) bond motifs is 1. The molecule has 1 saturated heterocycles. The summed E-state index contributed by atoms with van der Waals surface area (Å²) in [5.41, 5.74) is 0.941. The van der Waals surface area contributed by atoms with Crippen LogP contribution in [0.2, 0.25) is 0 Å². The van der Waals surface area contributed by atoms with Crippen LogP contribution < -0.4 is 0 Å². The van der Waals surface area contributed by atoms with Gasteiger partial charge in [0.1, 0.15) is 5.01 Å². The van der Waals surface area contributed by atoms with Gasteiger partial charge in [-0.25, -0.2) is 14.7 Å². The molecule has 136 valence electrons. The number of carbonyl (C=O) groups excluding carboxylic acids is 3. The molecule has 0 spiro atoms. The molecule has 1 saturated carbocycles. The Kier molecular flexibility index (Phi) is 4.46. The van der Waals surface area contributed by atoms with Gasteiger partial charge < -0.3 is 0 Å². The molecule has 0 radical (unpaired) electrons. The van der Waals surface area contributed by atoms with E-state index in [1.165, 1.54) is 4.90 Å². The number of imide groups is 2. The van der Waals surface area contributed by atoms with E-state index in [0.29, 0.717) is 6.54 Å². The molecule has 2 aromatic rings. The van der Waals surface area contributed by atoms with Crippen molar-refractivity contribution >= 4 is 39.4 Å². The van der Waals surface area contributed by atoms with Gasteiger partial charge in [0, 0.05) is 6.04 Å². The van der Waals surface area contributed by atoms with Crippen molar-refractivity contribution in [2.45, 2.75) is 38.3 Å². The number of amides is 4. The van der Waals surface area contributed by atoms with Crippen molar-refractivity contribution in [3.63, 3.8) is 0 Å². The number of nitrogens with zero attached hydrogens (tertiary/aromatic N) is 4. The van der Waals surface area contributed by atoms with E-state index in [4.69, 9.17) is 0 Å². The lowest BCUT2D eigenvalue weighted by molar-refractivity contribution is -0.144. The van der Waals surface area contributed by atoms with Crippen molar-refractivity contribution in [1.82, 2.24) is 19.7 Å². The van der Waals surface area contributed by atoms with E-state index in [0.717, 1.165) is 45.8 Å². The number of urea groups is 1. The number of thiazole rings is 1. The van der Waals surface area contributed by atoms with E-state index < -0.39 is 17.8 Å². The van der Waals surface area contributed by atoms with Gasteiger partial charge in [-0.05, 0) is 32.0 Å². The van der Waals surface area contributed by atoms with Gasteiger partial charge in [-0.1, -0.05) is 25.0 Å². The first-order valence-corrected chi connectivity index (χ1v) is 9.58. The summed E-state index contributed by atoms with van der Waals surface area (Å²) >= 11 is 1.59. The van der Waals surface area contributed by atoms with Gasteiger partial charge in [0.15, 0.2) is 0 Å². The molecule has 26 heavy (non-hydrogen) atoms. The Labute approximate surface area is 155 Å². The van der Waals surface area contributed by atoms with Crippen LogP contribution in [0, 0.1) is 0 Å². The fourth-order valence-corrected chi connectivity index (χ4v) is 4.69. The average molecular weight is 372 g/mol. The van der Waals surface area contributed by atoms with Crippen LogP contribution in [-0.2, 0) is 16.1 Å². The van der Waals surface area contributed by atoms with Crippen molar-refractivity contribution in [3.05, 3.63) is 29.3 Å². The molecule has 0 bridgehead atoms. The molecule has 1 aromatic carbocycles. The lowest BCUT2D eigenvalue weighted by atomic mass is 10.2. The molecule has 2 heterocycles. The van der Waals surface area contributed by atoms with Crippen molar-refractivity contribution in [3.8, 4) is 0 Å². The van der Waals surface area contributed by atoms with Crippen molar-refractivity contribution < 1.29 is 14.4 Å². The van der Waals surface area contributed by atoms with Crippen LogP contribution in [0.4, 0.5) is 4.79 Å². The highest BCUT2D eigenvalue weighted by molar-refractivity contribution is 7.18. The van der Waals surface area contributed by atoms with Gasteiger partial charge in [-0.2, -0.15) is 0 Å². The number of hydrogen-bond acceptors (Lipinski definition) is 6. The number of carbonyl (C=O) groups is 3. The van der Waals surface area contributed by atoms with Gasteiger partial charge in [0.25, 0.3) is 0 Å². The topological polar surface area (TPSA) is 73.8 Å². The van der Waals surface area contributed by atoms with Crippen molar-refractivity contribution in [2.75, 3.05) is 13.7 Å². The molecule has 0 N–H and O–H groups in total. The lowest BCUT2D eigenvalue weighted by Gasteiger charge is -2.23. The third kappa shape index (κ3) is 2.99. The molecule has 2 fully saturated rings. The van der Waals surface area contributed by atoms with E-state index in [2.05, 4.69) is 4.98 Å². The number of aromatic nitrogens is 1. The molecule has 4 rings (SSSR count). The minimum Gasteiger partial charge on any atom is -0.282 e. The second kappa shape index (κ2) is 6.77. The first kappa shape index (κ1) is 17.1. The summed E-state index contributed by atoms with van der Waals surface area (Å²) < 4.78 is 1.10. The van der Waals surface area contributed by atoms with Gasteiger partial charge in [0.2, 0.25) is 0 Å². The zero-order chi connectivity index (χ0) is 18.3. The maximum Gasteiger partial charge on any atom is 0.335 e. The summed E-state index contributed by atoms with van der Waals surface area (Å²) in [6.07, 6.45) is 3.57. The fraction of sp³-hybridized carbons (Fsp3) is 0.444. The summed E-state index contributed by atoms with van der Waals surface area (Å²) in [6.45, 7) is 0.594. The van der Waals surface area contributed by atoms with Crippen LogP contribution in [0.3, 0.4) is 0 Å². The van der Waals surface area contributed by atoms with Crippen LogP contribution in [0.25, 0.3) is 10.2 Å². The van der Waals surface area contributed by atoms with Crippen molar-refractivity contribution in [1.29, 1.82) is 0 Å². The Balaban J connectivity index is 1.44. The van der Waals surface area contributed by atoms with Crippen LogP contribution in [0.1, 0.15) is 30.7 Å². The number of hydrogen-bond donors (Lipinski definition) is 0. The Bertz CT molecular complexity index is 841. The van der Waals surface area contributed by atoms with E-state index in [1.807, 2.05) is 36.2 Å². The molecule has 1 aromatic heterocycles. The Morgan fingerprint density at radius 3 is 2.62 bits per heavy atom. The molecular formula is C18H20N4O3S. The quantitative estimate of drug-likeness (QED) is 0.595. The predicted molar refractivity (Wildman–Crippen MR) is 97.3 cm³/mol. The number of para-hydroxylation sites is 1. The maximum absolute atomic E-state index is 12.6. The van der Waals surface area contributed by atoms with E-state index in [-0.39, 0.29) is 12.7 Å². The van der Waals surface area contributed by atoms with Crippen LogP contribution >= 0.6 is 11.3 Å². The third-order valence-corrected chi connectivity index (χ3v) is 5.92. The average Bonchev–Trinajstić information content (AvgIpc) is 3.31. The summed E-state index contributed by atoms with van der Waals surface area (Å²) in [5.74, 6) is -1.41. The van der Waals surface area contributed by atoms with Crippen LogP contribution in [-0.4, -0.2) is 57.3 Å². The van der Waals surface area contributed by atoms with Crippen LogP contribution in [0.5, 0.6) is 0 Å². The molecule has 1 aliphatic carbocycles. The standard InChI is InChI=1S/C18H20N4O3S/c1-20(10-15-19-13-8-4-5-9-14(13)26-15)11-21-16(23)17(24)22(18(21)25)12-6-2-3-7-12/h4-5,8-9,12H,2-3,6-7,10-11H2,1H3. The van der Waals surface area contributed by atoms with Crippen LogP contribution in [0.15, 0.2) is 24.3 Å². The Morgan fingerprint density at radius 2 is 1.88 bits per heavy atom. The van der Waals surface area contributed by atoms with E-state index in [1.54, 1.807) is 11.3 Å². The predicted octanol–water partition coefficient (Wildman–Crippen LogP) is 2.42. The highest BCUT2D eigenvalue weighted by Crippen LogP contribution is 2.28. The SMILES string of the molecule is CN(Cc1nc2ccccc2s1)CN1C(=O)C(=O)N(C2CCCC2)C1=O. The van der Waals surface area contributed by atoms with Gasteiger partial charge in [0.05, 0.1) is 23.4 Å². The minimum absolute atomic E-state index is 0.0859. The zero-order valence-electron chi connectivity index (χ0n) is 14.6. The first-order chi connectivity index (χ1) is 12.5. The Hall–Kier alpha value is -2.32. The summed E-state index contributed by atoms with van der Waals surface area (Å²) in [6, 6.07) is 7.28. The normalized spacial score (nSPS) is 18.9. The monoisotopic (exact) mass is 372 g/mol. The molecule has 4 amide bonds. The second-order valence-corrected chi connectivity index (χ2v) is 7.98. The molecule has 0 atom stereocenters. The molecule has 2 aliphatic rings. The number of rotatable bonds is 5. The largest absolute Gasteiger partial charge is 0.335 e. The minimum atomic E-state index is -0.724. The molecule has 1 aliphatic heterocycles. The highest BCUT2D eigenvalue weighted by Gasteiger charge is 2.48. The summed E-state index contributed by atoms with van der Waals surface area (Å²) in [4.78, 5) is 45.8. The lowest BCUT2D eigenvalue weighted by Crippen LogP contribution is -2.42. The zero-order valence-corrected chi connectivity index (χ0v) is 15.4. The van der Waals surface area contributed by atoms with Gasteiger partial charge in [-0.3, -0.25) is 19.4 Å². The van der Waals surface area contributed by atoms with Gasteiger partial charge >= 0.3 is 17.8 Å². The first-order valence-electron chi connectivity index (χ1n) is 8.76. The summed E-state index contributed by atoms with van der Waals surface area (Å²) in [5, 5.41) is 0.909. The molecule has 8 heteroatoms. The number of benzene rings is 1. The fourth-order valence-electron chi connectivity index (χ4n) is 3.64. The highest BCUT2D eigenvalue weighted by atomic mass is 32.1. The maximum atomic E-state index is 12.6. The smallest absolute Gasteiger partial charge is 0.282 e. The Morgan fingerprint density at radius 1 is 1.15 bits per heavy atom. The van der Waals surface area contributed by atoms with Gasteiger partial charge in [-0.15, -0.1) is 11.3 Å². The molecular weight excluding hydrogens is 352 g/mol. The second-order valence-electron chi connectivity index (χ2n) is 6.86. The molecule has 7 nitrogen and oxygen atoms in total. The van der Waals surface area contributed by atoms with E-state index >= 15 is 0 Å². The van der Waals surface area contributed by atoms with E-state index in [9.17, 15) is 14.4 Å². The third-order valence-electron chi connectivity index (χ3n) is 4.90. The molecule has 0 unspecified atom stereocenters. The van der Waals surface area contributed by atoms with Crippen molar-refractivity contribution in [2.24, 2.45) is 0 Å².